The lowest BCUT2D eigenvalue weighted by atomic mass is 10.1. The van der Waals surface area contributed by atoms with Crippen molar-refractivity contribution in [2.24, 2.45) is 0 Å². The highest BCUT2D eigenvalue weighted by atomic mass is 16.2. The highest BCUT2D eigenvalue weighted by Gasteiger charge is 2.18. The predicted octanol–water partition coefficient (Wildman–Crippen LogP) is 1.70. The minimum absolute atomic E-state index is 0.0216. The smallest absolute Gasteiger partial charge is 0.254 e. The van der Waals surface area contributed by atoms with Crippen LogP contribution in [0.25, 0.3) is 5.82 Å². The largest absolute Gasteiger partial charge is 0.349 e. The van der Waals surface area contributed by atoms with Gasteiger partial charge in [-0.1, -0.05) is 6.07 Å². The van der Waals surface area contributed by atoms with Gasteiger partial charge in [-0.3, -0.25) is 9.59 Å². The molecule has 0 aliphatic rings. The maximum absolute atomic E-state index is 12.4. The summed E-state index contributed by atoms with van der Waals surface area (Å²) in [6.07, 6.45) is 3.41. The number of H-pyrrole nitrogens is 1. The van der Waals surface area contributed by atoms with Gasteiger partial charge in [0.15, 0.2) is 5.82 Å². The molecule has 0 radical (unpaired) electrons. The molecule has 27 heavy (non-hydrogen) atoms. The number of nitrogens with one attached hydrogen (secondary N) is 2. The fourth-order valence-corrected chi connectivity index (χ4v) is 3.05. The fraction of sp³-hybridized carbons (Fsp3) is 0.316. The van der Waals surface area contributed by atoms with Crippen molar-refractivity contribution < 1.29 is 4.79 Å². The number of carbonyl (C=O) groups is 1. The average molecular weight is 366 g/mol. The molecule has 0 spiro atoms. The zero-order chi connectivity index (χ0) is 19.6. The summed E-state index contributed by atoms with van der Waals surface area (Å²) in [6.45, 7) is 7.26. The molecule has 8 heteroatoms. The van der Waals surface area contributed by atoms with Crippen LogP contribution < -0.4 is 10.9 Å². The monoisotopic (exact) mass is 366 g/mol. The lowest BCUT2D eigenvalue weighted by molar-refractivity contribution is -0.121. The third kappa shape index (κ3) is 3.94. The molecular weight excluding hydrogens is 344 g/mol. The minimum atomic E-state index is -0.276. The lowest BCUT2D eigenvalue weighted by Crippen LogP contribution is -2.31. The second kappa shape index (κ2) is 7.53. The molecular formula is C19H22N6O2. The van der Waals surface area contributed by atoms with Gasteiger partial charge >= 0.3 is 0 Å². The van der Waals surface area contributed by atoms with Crippen molar-refractivity contribution in [3.63, 3.8) is 0 Å². The van der Waals surface area contributed by atoms with E-state index < -0.39 is 0 Å². The summed E-state index contributed by atoms with van der Waals surface area (Å²) < 4.78 is 1.73. The SMILES string of the molecule is Cc1nc(C)c(CC(=O)NC(C)c2cnn(-c3ccccn3)c2C)c(=O)[nH]1. The van der Waals surface area contributed by atoms with E-state index in [4.69, 9.17) is 0 Å². The number of aromatic amines is 1. The van der Waals surface area contributed by atoms with Crippen LogP contribution in [-0.4, -0.2) is 30.6 Å². The van der Waals surface area contributed by atoms with E-state index >= 15 is 0 Å². The number of hydrogen-bond acceptors (Lipinski definition) is 5. The van der Waals surface area contributed by atoms with Crippen molar-refractivity contribution in [1.29, 1.82) is 0 Å². The molecule has 8 nitrogen and oxygen atoms in total. The molecule has 3 aromatic rings. The van der Waals surface area contributed by atoms with E-state index in [1.807, 2.05) is 32.0 Å². The van der Waals surface area contributed by atoms with Crippen LogP contribution in [0.5, 0.6) is 0 Å². The molecule has 0 aliphatic carbocycles. The number of aryl methyl sites for hydroxylation is 2. The van der Waals surface area contributed by atoms with E-state index in [-0.39, 0.29) is 23.9 Å². The molecule has 1 atom stereocenters. The number of aromatic nitrogens is 5. The Hall–Kier alpha value is -3.29. The summed E-state index contributed by atoms with van der Waals surface area (Å²) in [5, 5.41) is 7.30. The first-order valence-corrected chi connectivity index (χ1v) is 8.68. The van der Waals surface area contributed by atoms with Crippen molar-refractivity contribution in [2.45, 2.75) is 40.2 Å². The molecule has 3 rings (SSSR count). The molecule has 0 fully saturated rings. The molecule has 1 amide bonds. The minimum Gasteiger partial charge on any atom is -0.349 e. The van der Waals surface area contributed by atoms with Gasteiger partial charge in [-0.05, 0) is 39.8 Å². The van der Waals surface area contributed by atoms with Gasteiger partial charge in [-0.25, -0.2) is 14.6 Å². The molecule has 3 aromatic heterocycles. The van der Waals surface area contributed by atoms with Crippen molar-refractivity contribution in [3.8, 4) is 5.82 Å². The third-order valence-corrected chi connectivity index (χ3v) is 4.44. The molecule has 0 aromatic carbocycles. The van der Waals surface area contributed by atoms with Gasteiger partial charge in [0.1, 0.15) is 5.82 Å². The van der Waals surface area contributed by atoms with Gasteiger partial charge in [0.25, 0.3) is 5.56 Å². The zero-order valence-electron chi connectivity index (χ0n) is 15.8. The van der Waals surface area contributed by atoms with Gasteiger partial charge in [0, 0.05) is 28.7 Å². The molecule has 0 saturated carbocycles. The fourth-order valence-electron chi connectivity index (χ4n) is 3.05. The Balaban J connectivity index is 1.75. The topological polar surface area (TPSA) is 106 Å². The second-order valence-electron chi connectivity index (χ2n) is 6.47. The first kappa shape index (κ1) is 18.5. The summed E-state index contributed by atoms with van der Waals surface area (Å²) in [5.74, 6) is 1.01. The van der Waals surface area contributed by atoms with E-state index in [0.717, 1.165) is 11.3 Å². The highest BCUT2D eigenvalue weighted by molar-refractivity contribution is 5.79. The maximum Gasteiger partial charge on any atom is 0.254 e. The second-order valence-corrected chi connectivity index (χ2v) is 6.47. The Morgan fingerprint density at radius 2 is 2.07 bits per heavy atom. The Morgan fingerprint density at radius 3 is 2.74 bits per heavy atom. The van der Waals surface area contributed by atoms with Gasteiger partial charge in [-0.15, -0.1) is 0 Å². The first-order chi connectivity index (χ1) is 12.9. The van der Waals surface area contributed by atoms with Gasteiger partial charge in [0.2, 0.25) is 5.91 Å². The van der Waals surface area contributed by atoms with E-state index in [1.54, 1.807) is 30.9 Å². The molecule has 0 bridgehead atoms. The molecule has 2 N–H and O–H groups in total. The summed E-state index contributed by atoms with van der Waals surface area (Å²) >= 11 is 0. The number of rotatable bonds is 5. The molecule has 3 heterocycles. The Labute approximate surface area is 156 Å². The summed E-state index contributed by atoms with van der Waals surface area (Å²) in [5.41, 5.74) is 2.46. The Kier molecular flexibility index (Phi) is 5.16. The number of nitrogens with zero attached hydrogens (tertiary/aromatic N) is 4. The van der Waals surface area contributed by atoms with Crippen molar-refractivity contribution in [1.82, 2.24) is 30.0 Å². The zero-order valence-corrected chi connectivity index (χ0v) is 15.8. The van der Waals surface area contributed by atoms with Crippen LogP contribution in [-0.2, 0) is 11.2 Å². The van der Waals surface area contributed by atoms with Crippen LogP contribution in [0.2, 0.25) is 0 Å². The van der Waals surface area contributed by atoms with Crippen LogP contribution in [0.4, 0.5) is 0 Å². The van der Waals surface area contributed by atoms with Crippen molar-refractivity contribution in [3.05, 3.63) is 69.3 Å². The summed E-state index contributed by atoms with van der Waals surface area (Å²) in [7, 11) is 0. The van der Waals surface area contributed by atoms with Crippen LogP contribution in [0, 0.1) is 20.8 Å². The summed E-state index contributed by atoms with van der Waals surface area (Å²) in [4.78, 5) is 35.7. The number of amides is 1. The molecule has 140 valence electrons. The molecule has 0 aliphatic heterocycles. The maximum atomic E-state index is 12.4. The number of carbonyl (C=O) groups excluding carboxylic acids is 1. The van der Waals surface area contributed by atoms with E-state index in [9.17, 15) is 9.59 Å². The van der Waals surface area contributed by atoms with Crippen LogP contribution in [0.15, 0.2) is 35.4 Å². The Morgan fingerprint density at radius 1 is 1.30 bits per heavy atom. The van der Waals surface area contributed by atoms with Crippen LogP contribution in [0.3, 0.4) is 0 Å². The molecule has 1 unspecified atom stereocenters. The van der Waals surface area contributed by atoms with E-state index in [2.05, 4.69) is 25.4 Å². The molecule has 0 saturated heterocycles. The summed E-state index contributed by atoms with van der Waals surface area (Å²) in [6, 6.07) is 5.35. The Bertz CT molecular complexity index is 1020. The van der Waals surface area contributed by atoms with Crippen molar-refractivity contribution in [2.75, 3.05) is 0 Å². The van der Waals surface area contributed by atoms with Gasteiger partial charge in [-0.2, -0.15) is 5.10 Å². The van der Waals surface area contributed by atoms with Gasteiger partial charge < -0.3 is 10.3 Å². The van der Waals surface area contributed by atoms with E-state index in [1.165, 1.54) is 0 Å². The highest BCUT2D eigenvalue weighted by Crippen LogP contribution is 2.19. The number of hydrogen-bond donors (Lipinski definition) is 2. The van der Waals surface area contributed by atoms with Crippen LogP contribution in [0.1, 0.15) is 41.3 Å². The average Bonchev–Trinajstić information content (AvgIpc) is 3.00. The first-order valence-electron chi connectivity index (χ1n) is 8.68. The number of pyridine rings is 1. The van der Waals surface area contributed by atoms with E-state index in [0.29, 0.717) is 22.9 Å². The van der Waals surface area contributed by atoms with Gasteiger partial charge in [0.05, 0.1) is 18.7 Å². The normalized spacial score (nSPS) is 12.0. The standard InChI is InChI=1S/C19H22N6O2/c1-11-15(19(27)24-14(4)22-11)9-18(26)23-12(2)16-10-21-25(13(16)3)17-7-5-6-8-20-17/h5-8,10,12H,9H2,1-4H3,(H,23,26)(H,22,24,27). The quantitative estimate of drug-likeness (QED) is 0.715. The van der Waals surface area contributed by atoms with Crippen molar-refractivity contribution >= 4 is 5.91 Å². The lowest BCUT2D eigenvalue weighted by Gasteiger charge is -2.14. The third-order valence-electron chi connectivity index (χ3n) is 4.44. The van der Waals surface area contributed by atoms with Crippen LogP contribution >= 0.6 is 0 Å². The predicted molar refractivity (Wildman–Crippen MR) is 101 cm³/mol.